The first-order chi connectivity index (χ1) is 7.59. The normalized spacial score (nSPS) is 12.0. The van der Waals surface area contributed by atoms with E-state index in [9.17, 15) is 10.1 Å². The SMILES string of the molecule is C/C(Br)=C\C=N\Cc1ccc([N+](=O)[O-])cc1. The molecule has 1 aromatic rings. The number of nitro groups is 1. The summed E-state index contributed by atoms with van der Waals surface area (Å²) in [5.74, 6) is 0. The second kappa shape index (κ2) is 6.17. The van der Waals surface area contributed by atoms with Crippen molar-refractivity contribution in [2.75, 3.05) is 0 Å². The van der Waals surface area contributed by atoms with Gasteiger partial charge in [0.25, 0.3) is 5.69 Å². The molecule has 0 amide bonds. The van der Waals surface area contributed by atoms with Gasteiger partial charge in [-0.3, -0.25) is 15.1 Å². The van der Waals surface area contributed by atoms with Crippen LogP contribution in [0.1, 0.15) is 12.5 Å². The number of nitro benzene ring substituents is 1. The van der Waals surface area contributed by atoms with Crippen molar-refractivity contribution in [2.24, 2.45) is 4.99 Å². The third kappa shape index (κ3) is 4.35. The Hall–Kier alpha value is -1.49. The molecular formula is C11H11BrN2O2. The molecule has 0 unspecified atom stereocenters. The van der Waals surface area contributed by atoms with E-state index in [4.69, 9.17) is 0 Å². The van der Waals surface area contributed by atoms with Crippen molar-refractivity contribution in [3.05, 3.63) is 50.5 Å². The minimum atomic E-state index is -0.413. The van der Waals surface area contributed by atoms with Crippen molar-refractivity contribution in [1.29, 1.82) is 0 Å². The van der Waals surface area contributed by atoms with Gasteiger partial charge < -0.3 is 0 Å². The fourth-order valence-corrected chi connectivity index (χ4v) is 1.15. The molecule has 1 aromatic carbocycles. The van der Waals surface area contributed by atoms with Crippen molar-refractivity contribution < 1.29 is 4.92 Å². The summed E-state index contributed by atoms with van der Waals surface area (Å²) in [6, 6.07) is 6.38. The van der Waals surface area contributed by atoms with Crippen LogP contribution in [0.5, 0.6) is 0 Å². The van der Waals surface area contributed by atoms with E-state index in [1.54, 1.807) is 18.3 Å². The molecule has 0 aromatic heterocycles. The topological polar surface area (TPSA) is 55.5 Å². The lowest BCUT2D eigenvalue weighted by Crippen LogP contribution is -1.88. The number of hydrogen-bond donors (Lipinski definition) is 0. The first-order valence-corrected chi connectivity index (χ1v) is 5.44. The van der Waals surface area contributed by atoms with E-state index in [1.807, 2.05) is 13.0 Å². The molecule has 0 saturated carbocycles. The van der Waals surface area contributed by atoms with E-state index < -0.39 is 4.92 Å². The second-order valence-corrected chi connectivity index (χ2v) is 4.42. The Balaban J connectivity index is 2.59. The molecule has 0 radical (unpaired) electrons. The zero-order chi connectivity index (χ0) is 12.0. The van der Waals surface area contributed by atoms with Crippen molar-refractivity contribution in [3.63, 3.8) is 0 Å². The van der Waals surface area contributed by atoms with Gasteiger partial charge in [-0.25, -0.2) is 0 Å². The van der Waals surface area contributed by atoms with Gasteiger partial charge in [0.15, 0.2) is 0 Å². The first-order valence-electron chi connectivity index (χ1n) is 4.65. The van der Waals surface area contributed by atoms with Crippen LogP contribution in [0.25, 0.3) is 0 Å². The maximum Gasteiger partial charge on any atom is 0.269 e. The smallest absolute Gasteiger partial charge is 0.269 e. The fourth-order valence-electron chi connectivity index (χ4n) is 1.04. The summed E-state index contributed by atoms with van der Waals surface area (Å²) in [6.07, 6.45) is 3.54. The second-order valence-electron chi connectivity index (χ2n) is 3.17. The monoisotopic (exact) mass is 282 g/mol. The van der Waals surface area contributed by atoms with E-state index >= 15 is 0 Å². The molecule has 0 atom stereocenters. The van der Waals surface area contributed by atoms with Crippen LogP contribution >= 0.6 is 15.9 Å². The number of halogens is 1. The Morgan fingerprint density at radius 2 is 2.12 bits per heavy atom. The lowest BCUT2D eigenvalue weighted by molar-refractivity contribution is -0.384. The van der Waals surface area contributed by atoms with E-state index in [1.165, 1.54) is 12.1 Å². The number of benzene rings is 1. The molecule has 4 nitrogen and oxygen atoms in total. The molecule has 0 aliphatic rings. The maximum atomic E-state index is 10.4. The van der Waals surface area contributed by atoms with Crippen molar-refractivity contribution in [1.82, 2.24) is 0 Å². The highest BCUT2D eigenvalue weighted by Crippen LogP contribution is 2.12. The van der Waals surface area contributed by atoms with Gasteiger partial charge in [0, 0.05) is 18.3 Å². The van der Waals surface area contributed by atoms with Crippen LogP contribution in [0, 0.1) is 10.1 Å². The van der Waals surface area contributed by atoms with Gasteiger partial charge in [0.2, 0.25) is 0 Å². The van der Waals surface area contributed by atoms with Gasteiger partial charge in [-0.05, 0) is 23.0 Å². The molecule has 84 valence electrons. The third-order valence-electron chi connectivity index (χ3n) is 1.83. The number of aliphatic imine (C=N–C) groups is 1. The predicted octanol–water partition coefficient (Wildman–Crippen LogP) is 3.46. The van der Waals surface area contributed by atoms with Gasteiger partial charge in [0.05, 0.1) is 11.5 Å². The van der Waals surface area contributed by atoms with Crippen LogP contribution < -0.4 is 0 Å². The van der Waals surface area contributed by atoms with E-state index in [0.29, 0.717) is 6.54 Å². The van der Waals surface area contributed by atoms with Gasteiger partial charge in [-0.1, -0.05) is 28.1 Å². The highest BCUT2D eigenvalue weighted by atomic mass is 79.9. The Labute approximate surface area is 102 Å². The van der Waals surface area contributed by atoms with Crippen LogP contribution in [0.15, 0.2) is 39.8 Å². The quantitative estimate of drug-likeness (QED) is 0.482. The lowest BCUT2D eigenvalue weighted by Gasteiger charge is -1.95. The summed E-state index contributed by atoms with van der Waals surface area (Å²) in [5, 5.41) is 10.4. The molecule has 0 heterocycles. The molecule has 0 aliphatic heterocycles. The summed E-state index contributed by atoms with van der Waals surface area (Å²) in [5.41, 5.74) is 1.05. The van der Waals surface area contributed by atoms with Crippen LogP contribution in [0.3, 0.4) is 0 Å². The van der Waals surface area contributed by atoms with Crippen molar-refractivity contribution in [2.45, 2.75) is 13.5 Å². The van der Waals surface area contributed by atoms with Crippen LogP contribution in [0.2, 0.25) is 0 Å². The highest BCUT2D eigenvalue weighted by molar-refractivity contribution is 9.11. The zero-order valence-corrected chi connectivity index (χ0v) is 10.3. The number of rotatable bonds is 4. The van der Waals surface area contributed by atoms with Crippen LogP contribution in [-0.4, -0.2) is 11.1 Å². The van der Waals surface area contributed by atoms with E-state index in [0.717, 1.165) is 10.0 Å². The van der Waals surface area contributed by atoms with Crippen LogP contribution in [0.4, 0.5) is 5.69 Å². The average molecular weight is 283 g/mol. The predicted molar refractivity (Wildman–Crippen MR) is 68.0 cm³/mol. The highest BCUT2D eigenvalue weighted by Gasteiger charge is 2.02. The van der Waals surface area contributed by atoms with E-state index in [-0.39, 0.29) is 5.69 Å². The molecule has 0 spiro atoms. The average Bonchev–Trinajstić information content (AvgIpc) is 2.25. The van der Waals surface area contributed by atoms with Gasteiger partial charge in [-0.2, -0.15) is 0 Å². The maximum absolute atomic E-state index is 10.4. The molecule has 0 fully saturated rings. The summed E-state index contributed by atoms with van der Waals surface area (Å²) in [6.45, 7) is 2.44. The number of non-ortho nitro benzene ring substituents is 1. The summed E-state index contributed by atoms with van der Waals surface area (Å²) < 4.78 is 1.000. The number of nitrogens with zero attached hydrogens (tertiary/aromatic N) is 2. The summed E-state index contributed by atoms with van der Waals surface area (Å²) >= 11 is 3.28. The van der Waals surface area contributed by atoms with Crippen LogP contribution in [-0.2, 0) is 6.54 Å². The van der Waals surface area contributed by atoms with Gasteiger partial charge in [-0.15, -0.1) is 0 Å². The third-order valence-corrected chi connectivity index (χ3v) is 2.09. The Morgan fingerprint density at radius 1 is 1.50 bits per heavy atom. The summed E-state index contributed by atoms with van der Waals surface area (Å²) in [4.78, 5) is 14.2. The molecule has 5 heteroatoms. The Morgan fingerprint density at radius 3 is 2.62 bits per heavy atom. The Kier molecular flexibility index (Phi) is 4.85. The minimum absolute atomic E-state index is 0.101. The number of hydrogen-bond acceptors (Lipinski definition) is 3. The molecule has 16 heavy (non-hydrogen) atoms. The minimum Gasteiger partial charge on any atom is -0.288 e. The van der Waals surface area contributed by atoms with Gasteiger partial charge in [0.1, 0.15) is 0 Å². The zero-order valence-electron chi connectivity index (χ0n) is 8.76. The fraction of sp³-hybridized carbons (Fsp3) is 0.182. The first kappa shape index (κ1) is 12.6. The standard InChI is InChI=1S/C11H11BrN2O2/c1-9(12)6-7-13-8-10-2-4-11(5-3-10)14(15)16/h2-7H,8H2,1H3/b9-6+,13-7+. The largest absolute Gasteiger partial charge is 0.288 e. The lowest BCUT2D eigenvalue weighted by atomic mass is 10.2. The molecule has 0 saturated heterocycles. The van der Waals surface area contributed by atoms with Crippen molar-refractivity contribution >= 4 is 27.8 Å². The molecule has 0 N–H and O–H groups in total. The van der Waals surface area contributed by atoms with E-state index in [2.05, 4.69) is 20.9 Å². The molecule has 0 bridgehead atoms. The number of allylic oxidation sites excluding steroid dienone is 2. The summed E-state index contributed by atoms with van der Waals surface area (Å²) in [7, 11) is 0. The molecule has 0 aliphatic carbocycles. The molecule has 1 rings (SSSR count). The molecular weight excluding hydrogens is 272 g/mol. The van der Waals surface area contributed by atoms with Crippen molar-refractivity contribution in [3.8, 4) is 0 Å². The van der Waals surface area contributed by atoms with Gasteiger partial charge >= 0.3 is 0 Å². The Bertz CT molecular complexity index is 420.